The quantitative estimate of drug-likeness (QED) is 0.384. The van der Waals surface area contributed by atoms with Crippen LogP contribution in [0.15, 0.2) is 109 Å². The maximum atomic E-state index is 2.12. The first-order valence-corrected chi connectivity index (χ1v) is 7.48. The fourth-order valence-corrected chi connectivity index (χ4v) is 2.39. The number of hydrogen-bond donors (Lipinski definition) is 0. The molecule has 0 unspecified atom stereocenters. The first-order valence-electron chi connectivity index (χ1n) is 7.48. The number of rotatable bonds is 2. The van der Waals surface area contributed by atoms with E-state index in [4.69, 9.17) is 0 Å². The van der Waals surface area contributed by atoms with E-state index >= 15 is 0 Å². The Kier molecular flexibility index (Phi) is 6.61. The second kappa shape index (κ2) is 8.94. The minimum Gasteiger partial charge on any atom is -0.152 e. The van der Waals surface area contributed by atoms with Gasteiger partial charge in [0, 0.05) is 16.8 Å². The Morgan fingerprint density at radius 1 is 0.391 bits per heavy atom. The molecule has 0 bridgehead atoms. The molecule has 0 fully saturated rings. The molecule has 0 N–H and O–H groups in total. The Hall–Kier alpha value is -2.35. The van der Waals surface area contributed by atoms with Crippen molar-refractivity contribution in [2.75, 3.05) is 0 Å². The second-order valence-electron chi connectivity index (χ2n) is 5.08. The molecule has 1 radical (unpaired) electrons. The number of benzene rings is 2. The van der Waals surface area contributed by atoms with Gasteiger partial charge in [-0.1, -0.05) is 47.5 Å². The molecule has 117 valence electrons. The predicted molar refractivity (Wildman–Crippen MR) is 94.9 cm³/mol. The largest absolute Gasteiger partial charge is 0.152 e. The molecule has 0 heterocycles. The molecule has 0 aliphatic rings. The summed E-state index contributed by atoms with van der Waals surface area (Å²) in [4.78, 5) is 0. The molecule has 1 heteroatoms. The zero-order valence-corrected chi connectivity index (χ0v) is 13.8. The van der Waals surface area contributed by atoms with Gasteiger partial charge in [0.1, 0.15) is 0 Å². The van der Waals surface area contributed by atoms with Crippen molar-refractivity contribution < 1.29 is 16.8 Å². The van der Waals surface area contributed by atoms with Crippen LogP contribution in [0.2, 0.25) is 0 Å². The van der Waals surface area contributed by atoms with Gasteiger partial charge in [0.25, 0.3) is 0 Å². The summed E-state index contributed by atoms with van der Waals surface area (Å²) in [7, 11) is 0. The molecule has 4 aromatic carbocycles. The van der Waals surface area contributed by atoms with E-state index in [0.29, 0.717) is 0 Å². The van der Waals surface area contributed by atoms with E-state index in [0.717, 1.165) is 0 Å². The summed E-state index contributed by atoms with van der Waals surface area (Å²) < 4.78 is 0. The molecule has 4 rings (SSSR count). The zero-order chi connectivity index (χ0) is 15.0. The Bertz CT molecular complexity index is 682. The third-order valence-corrected chi connectivity index (χ3v) is 3.54. The van der Waals surface area contributed by atoms with Crippen molar-refractivity contribution in [3.63, 3.8) is 0 Å². The standard InChI is InChI=1S/2C11H9.Co/c2*1-2-6-10(7-3-1)11-8-4-5-9-11;/h2*1-9H;/q2*-1;. The summed E-state index contributed by atoms with van der Waals surface area (Å²) in [6.07, 6.45) is 0. The first kappa shape index (κ1) is 17.0. The summed E-state index contributed by atoms with van der Waals surface area (Å²) in [6.45, 7) is 0. The van der Waals surface area contributed by atoms with Crippen molar-refractivity contribution >= 4 is 0 Å². The van der Waals surface area contributed by atoms with Crippen LogP contribution < -0.4 is 0 Å². The summed E-state index contributed by atoms with van der Waals surface area (Å²) in [6, 6.07) is 37.5. The minimum absolute atomic E-state index is 0. The third-order valence-electron chi connectivity index (χ3n) is 3.54. The molecule has 0 saturated carbocycles. The first-order chi connectivity index (χ1) is 10.9. The molecule has 0 atom stereocenters. The molecule has 0 spiro atoms. The van der Waals surface area contributed by atoms with E-state index in [1.54, 1.807) is 0 Å². The molecule has 0 aliphatic heterocycles. The van der Waals surface area contributed by atoms with E-state index in [1.165, 1.54) is 22.3 Å². The number of hydrogen-bond acceptors (Lipinski definition) is 0. The molecule has 23 heavy (non-hydrogen) atoms. The van der Waals surface area contributed by atoms with Gasteiger partial charge in [0.05, 0.1) is 0 Å². The van der Waals surface area contributed by atoms with Gasteiger partial charge in [-0.05, 0) is 0 Å². The van der Waals surface area contributed by atoms with E-state index in [9.17, 15) is 0 Å². The van der Waals surface area contributed by atoms with Gasteiger partial charge >= 0.3 is 0 Å². The topological polar surface area (TPSA) is 0 Å². The molecule has 0 aromatic heterocycles. The van der Waals surface area contributed by atoms with Crippen molar-refractivity contribution in [3.8, 4) is 22.3 Å². The van der Waals surface area contributed by atoms with Crippen LogP contribution in [0.5, 0.6) is 0 Å². The van der Waals surface area contributed by atoms with Crippen LogP contribution in [-0.2, 0) is 16.8 Å². The van der Waals surface area contributed by atoms with Gasteiger partial charge in [0.15, 0.2) is 0 Å². The summed E-state index contributed by atoms with van der Waals surface area (Å²) in [5.74, 6) is 0. The van der Waals surface area contributed by atoms with Crippen LogP contribution in [0.25, 0.3) is 22.3 Å². The van der Waals surface area contributed by atoms with Gasteiger partial charge < -0.3 is 0 Å². The van der Waals surface area contributed by atoms with E-state index in [2.05, 4.69) is 97.1 Å². The van der Waals surface area contributed by atoms with Crippen molar-refractivity contribution in [1.29, 1.82) is 0 Å². The van der Waals surface area contributed by atoms with E-state index < -0.39 is 0 Å². The third kappa shape index (κ3) is 4.81. The van der Waals surface area contributed by atoms with Crippen LogP contribution in [0.1, 0.15) is 0 Å². The van der Waals surface area contributed by atoms with Gasteiger partial charge in [-0.25, -0.2) is 0 Å². The molecular weight excluding hydrogens is 323 g/mol. The summed E-state index contributed by atoms with van der Waals surface area (Å²) in [5, 5.41) is 0. The van der Waals surface area contributed by atoms with Gasteiger partial charge in [-0.2, -0.15) is 24.3 Å². The van der Waals surface area contributed by atoms with Gasteiger partial charge in [0.2, 0.25) is 0 Å². The Morgan fingerprint density at radius 2 is 0.696 bits per heavy atom. The van der Waals surface area contributed by atoms with Crippen molar-refractivity contribution in [2.24, 2.45) is 0 Å². The second-order valence-corrected chi connectivity index (χ2v) is 5.08. The Balaban J connectivity index is 0.000000160. The average Bonchev–Trinajstić information content (AvgIpc) is 3.31. The summed E-state index contributed by atoms with van der Waals surface area (Å²) >= 11 is 0. The molecule has 4 aromatic rings. The minimum atomic E-state index is 0. The van der Waals surface area contributed by atoms with Crippen LogP contribution in [0.3, 0.4) is 0 Å². The maximum absolute atomic E-state index is 2.12. The van der Waals surface area contributed by atoms with Crippen molar-refractivity contribution in [3.05, 3.63) is 109 Å². The Labute approximate surface area is 148 Å². The monoisotopic (exact) mass is 341 g/mol. The van der Waals surface area contributed by atoms with E-state index in [1.807, 2.05) is 12.1 Å². The SMILES string of the molecule is [Co].c1ccc(-[c-]2cccc2)cc1.c1ccc(-[c-]2cccc2)cc1. The maximum Gasteiger partial charge on any atom is 0 e. The van der Waals surface area contributed by atoms with E-state index in [-0.39, 0.29) is 16.8 Å². The van der Waals surface area contributed by atoms with Crippen LogP contribution >= 0.6 is 0 Å². The van der Waals surface area contributed by atoms with Crippen molar-refractivity contribution in [2.45, 2.75) is 0 Å². The average molecular weight is 341 g/mol. The van der Waals surface area contributed by atoms with Gasteiger partial charge in [-0.15, -0.1) is 59.7 Å². The Morgan fingerprint density at radius 3 is 1.00 bits per heavy atom. The molecule has 0 amide bonds. The fraction of sp³-hybridized carbons (Fsp3) is 0. The zero-order valence-electron chi connectivity index (χ0n) is 12.7. The molecule has 0 saturated heterocycles. The smallest absolute Gasteiger partial charge is 0 e. The summed E-state index contributed by atoms with van der Waals surface area (Å²) in [5.41, 5.74) is 5.17. The van der Waals surface area contributed by atoms with Crippen LogP contribution in [0, 0.1) is 0 Å². The normalized spacial score (nSPS) is 9.39. The fourth-order valence-electron chi connectivity index (χ4n) is 2.39. The predicted octanol–water partition coefficient (Wildman–Crippen LogP) is 6.14. The van der Waals surface area contributed by atoms with Crippen LogP contribution in [0.4, 0.5) is 0 Å². The molecule has 0 nitrogen and oxygen atoms in total. The molecular formula is C22H18Co-2. The van der Waals surface area contributed by atoms with Gasteiger partial charge in [-0.3, -0.25) is 0 Å². The van der Waals surface area contributed by atoms with Crippen LogP contribution in [-0.4, -0.2) is 0 Å². The van der Waals surface area contributed by atoms with Crippen molar-refractivity contribution in [1.82, 2.24) is 0 Å². The molecule has 0 aliphatic carbocycles.